The summed E-state index contributed by atoms with van der Waals surface area (Å²) in [4.78, 5) is 0. The van der Waals surface area contributed by atoms with Crippen molar-refractivity contribution >= 4 is 34.8 Å². The molecule has 0 spiro atoms. The lowest BCUT2D eigenvalue weighted by Gasteiger charge is -2.23. The number of benzene rings is 1. The minimum absolute atomic E-state index is 0.101. The van der Waals surface area contributed by atoms with Gasteiger partial charge in [0.05, 0.1) is 17.5 Å². The van der Waals surface area contributed by atoms with Gasteiger partial charge in [0.2, 0.25) is 0 Å². The van der Waals surface area contributed by atoms with Gasteiger partial charge in [-0.1, -0.05) is 49.9 Å². The minimum atomic E-state index is -0.101. The van der Waals surface area contributed by atoms with Crippen LogP contribution in [0.3, 0.4) is 0 Å². The van der Waals surface area contributed by atoms with E-state index < -0.39 is 0 Å². The summed E-state index contributed by atoms with van der Waals surface area (Å²) >= 11 is 19.1. The Hall–Kier alpha value is -0.110. The van der Waals surface area contributed by atoms with Crippen LogP contribution in [-0.4, -0.2) is 7.11 Å². The van der Waals surface area contributed by atoms with E-state index in [1.807, 2.05) is 6.07 Å². The molecule has 0 radical (unpaired) electrons. The third kappa shape index (κ3) is 4.44. The molecule has 0 saturated carbocycles. The molecule has 19 heavy (non-hydrogen) atoms. The van der Waals surface area contributed by atoms with E-state index in [1.54, 1.807) is 13.2 Å². The second-order valence-corrected chi connectivity index (χ2v) is 6.03. The van der Waals surface area contributed by atoms with Gasteiger partial charge < -0.3 is 4.74 Å². The van der Waals surface area contributed by atoms with Crippen molar-refractivity contribution in [1.82, 2.24) is 0 Å². The number of hydrogen-bond acceptors (Lipinski definition) is 1. The molecular formula is C15H21Cl3O. The number of methoxy groups -OCH3 is 1. The van der Waals surface area contributed by atoms with Gasteiger partial charge in [0.15, 0.2) is 0 Å². The molecule has 0 amide bonds. The van der Waals surface area contributed by atoms with Crippen LogP contribution in [0.2, 0.25) is 10.0 Å². The molecule has 0 aliphatic carbocycles. The Morgan fingerprint density at radius 1 is 1.05 bits per heavy atom. The largest absolute Gasteiger partial charge is 0.495 e. The van der Waals surface area contributed by atoms with E-state index in [4.69, 9.17) is 39.5 Å². The van der Waals surface area contributed by atoms with Crippen molar-refractivity contribution in [2.45, 2.75) is 44.9 Å². The van der Waals surface area contributed by atoms with Crippen LogP contribution < -0.4 is 4.74 Å². The Balaban J connectivity index is 3.03. The highest BCUT2D eigenvalue weighted by Crippen LogP contribution is 2.41. The zero-order chi connectivity index (χ0) is 14.4. The van der Waals surface area contributed by atoms with Gasteiger partial charge in [-0.25, -0.2) is 0 Å². The predicted octanol–water partition coefficient (Wildman–Crippen LogP) is 6.50. The first-order chi connectivity index (χ1) is 9.04. The molecule has 1 aromatic carbocycles. The maximum absolute atomic E-state index is 6.62. The Bertz CT molecular complexity index is 401. The molecule has 4 heteroatoms. The van der Waals surface area contributed by atoms with E-state index in [-0.39, 0.29) is 5.38 Å². The highest BCUT2D eigenvalue weighted by atomic mass is 35.5. The fourth-order valence-corrected chi connectivity index (χ4v) is 3.35. The second-order valence-electron chi connectivity index (χ2n) is 4.75. The third-order valence-corrected chi connectivity index (χ3v) is 4.52. The summed E-state index contributed by atoms with van der Waals surface area (Å²) < 4.78 is 5.16. The van der Waals surface area contributed by atoms with E-state index in [0.29, 0.717) is 21.7 Å². The molecule has 1 rings (SSSR count). The molecule has 0 saturated heterocycles. The Morgan fingerprint density at radius 2 is 1.63 bits per heavy atom. The van der Waals surface area contributed by atoms with Crippen molar-refractivity contribution in [3.05, 3.63) is 27.7 Å². The smallest absolute Gasteiger partial charge is 0.138 e. The highest BCUT2D eigenvalue weighted by molar-refractivity contribution is 6.35. The fourth-order valence-electron chi connectivity index (χ4n) is 2.34. The Labute approximate surface area is 131 Å². The van der Waals surface area contributed by atoms with E-state index in [2.05, 4.69) is 13.8 Å². The van der Waals surface area contributed by atoms with Gasteiger partial charge in [-0.2, -0.15) is 0 Å². The molecule has 0 heterocycles. The zero-order valence-corrected chi connectivity index (χ0v) is 13.9. The summed E-state index contributed by atoms with van der Waals surface area (Å²) in [5.41, 5.74) is 0.904. The zero-order valence-electron chi connectivity index (χ0n) is 11.7. The van der Waals surface area contributed by atoms with Gasteiger partial charge in [0, 0.05) is 11.1 Å². The van der Waals surface area contributed by atoms with Gasteiger partial charge in [-0.3, -0.25) is 0 Å². The van der Waals surface area contributed by atoms with Gasteiger partial charge >= 0.3 is 0 Å². The number of rotatable bonds is 7. The first-order valence-corrected chi connectivity index (χ1v) is 7.91. The van der Waals surface area contributed by atoms with Crippen LogP contribution in [0, 0.1) is 5.92 Å². The van der Waals surface area contributed by atoms with Gasteiger partial charge in [-0.15, -0.1) is 11.6 Å². The van der Waals surface area contributed by atoms with Crippen molar-refractivity contribution in [3.8, 4) is 5.75 Å². The summed E-state index contributed by atoms with van der Waals surface area (Å²) in [7, 11) is 1.58. The Morgan fingerprint density at radius 3 is 2.11 bits per heavy atom. The molecule has 1 unspecified atom stereocenters. The summed E-state index contributed by atoms with van der Waals surface area (Å²) in [5, 5.41) is 1.08. The second kappa shape index (κ2) is 8.24. The van der Waals surface area contributed by atoms with Gasteiger partial charge in [-0.05, 0) is 30.4 Å². The maximum atomic E-state index is 6.62. The first-order valence-electron chi connectivity index (χ1n) is 6.72. The molecule has 0 aromatic heterocycles. The molecule has 108 valence electrons. The van der Waals surface area contributed by atoms with Crippen LogP contribution in [0.5, 0.6) is 5.75 Å². The molecule has 1 atom stereocenters. The summed E-state index contributed by atoms with van der Waals surface area (Å²) in [6.07, 6.45) is 4.44. The SMILES string of the molecule is CCCC(CCC)C(Cl)c1cc(Cl)c(OC)cc1Cl. The molecule has 1 nitrogen and oxygen atoms in total. The van der Waals surface area contributed by atoms with Crippen molar-refractivity contribution in [2.24, 2.45) is 5.92 Å². The molecule has 0 aliphatic rings. The highest BCUT2D eigenvalue weighted by Gasteiger charge is 2.23. The average Bonchev–Trinajstić information content (AvgIpc) is 2.40. The number of halogens is 3. The first kappa shape index (κ1) is 16.9. The molecule has 1 aromatic rings. The normalized spacial score (nSPS) is 12.8. The van der Waals surface area contributed by atoms with E-state index >= 15 is 0 Å². The molecule has 0 N–H and O–H groups in total. The minimum Gasteiger partial charge on any atom is -0.495 e. The lowest BCUT2D eigenvalue weighted by atomic mass is 9.90. The predicted molar refractivity (Wildman–Crippen MR) is 84.9 cm³/mol. The number of hydrogen-bond donors (Lipinski definition) is 0. The van der Waals surface area contributed by atoms with Crippen LogP contribution in [0.25, 0.3) is 0 Å². The quantitative estimate of drug-likeness (QED) is 0.520. The van der Waals surface area contributed by atoms with E-state index in [9.17, 15) is 0 Å². The monoisotopic (exact) mass is 322 g/mol. The third-order valence-electron chi connectivity index (χ3n) is 3.30. The fraction of sp³-hybridized carbons (Fsp3) is 0.600. The van der Waals surface area contributed by atoms with Crippen LogP contribution in [0.4, 0.5) is 0 Å². The van der Waals surface area contributed by atoms with Crippen LogP contribution >= 0.6 is 34.8 Å². The standard InChI is InChI=1S/C15H21Cl3O/c1-4-6-10(7-5-2)15(18)11-8-13(17)14(19-3)9-12(11)16/h8-10,15H,4-7H2,1-3H3. The van der Waals surface area contributed by atoms with Crippen molar-refractivity contribution in [1.29, 1.82) is 0 Å². The maximum Gasteiger partial charge on any atom is 0.138 e. The van der Waals surface area contributed by atoms with Gasteiger partial charge in [0.1, 0.15) is 5.75 Å². The van der Waals surface area contributed by atoms with E-state index in [0.717, 1.165) is 31.2 Å². The summed E-state index contributed by atoms with van der Waals surface area (Å²) in [6, 6.07) is 3.57. The lowest BCUT2D eigenvalue weighted by Crippen LogP contribution is -2.08. The van der Waals surface area contributed by atoms with Gasteiger partial charge in [0.25, 0.3) is 0 Å². The van der Waals surface area contributed by atoms with Crippen LogP contribution in [0.1, 0.15) is 50.5 Å². The summed E-state index contributed by atoms with van der Waals surface area (Å²) in [5.74, 6) is 1.01. The molecule has 0 fully saturated rings. The van der Waals surface area contributed by atoms with Crippen LogP contribution in [-0.2, 0) is 0 Å². The summed E-state index contributed by atoms with van der Waals surface area (Å²) in [6.45, 7) is 4.35. The molecule has 0 bridgehead atoms. The Kier molecular flexibility index (Phi) is 7.35. The van der Waals surface area contributed by atoms with Crippen molar-refractivity contribution in [2.75, 3.05) is 7.11 Å². The van der Waals surface area contributed by atoms with Crippen LogP contribution in [0.15, 0.2) is 12.1 Å². The molecular weight excluding hydrogens is 303 g/mol. The van der Waals surface area contributed by atoms with Crippen molar-refractivity contribution in [3.63, 3.8) is 0 Å². The van der Waals surface area contributed by atoms with Crippen molar-refractivity contribution < 1.29 is 4.74 Å². The average molecular weight is 324 g/mol. The topological polar surface area (TPSA) is 9.23 Å². The number of alkyl halides is 1. The number of ether oxygens (including phenoxy) is 1. The van der Waals surface area contributed by atoms with E-state index in [1.165, 1.54) is 0 Å². The lowest BCUT2D eigenvalue weighted by molar-refractivity contribution is 0.412. The molecule has 0 aliphatic heterocycles.